The Bertz CT molecular complexity index is 3570. The van der Waals surface area contributed by atoms with Crippen LogP contribution in [0.3, 0.4) is 0 Å². The lowest BCUT2D eigenvalue weighted by molar-refractivity contribution is 0.332. The highest BCUT2D eigenvalue weighted by atomic mass is 32.1. The predicted molar refractivity (Wildman–Crippen MR) is 323 cm³/mol. The van der Waals surface area contributed by atoms with Crippen LogP contribution >= 0.6 is 11.3 Å². The zero-order valence-electron chi connectivity index (χ0n) is 48.1. The van der Waals surface area contributed by atoms with E-state index in [1.165, 1.54) is 155 Å². The highest BCUT2D eigenvalue weighted by Crippen LogP contribution is 2.63. The normalized spacial score (nSPS) is 23.3. The van der Waals surface area contributed by atoms with Crippen LogP contribution in [0.2, 0.25) is 0 Å². The molecule has 0 N–H and O–H groups in total. The van der Waals surface area contributed by atoms with Crippen molar-refractivity contribution in [3.05, 3.63) is 147 Å². The van der Waals surface area contributed by atoms with Crippen LogP contribution in [0.1, 0.15) is 206 Å². The van der Waals surface area contributed by atoms with Gasteiger partial charge in [-0.1, -0.05) is 159 Å². The van der Waals surface area contributed by atoms with E-state index in [4.69, 9.17) is 0 Å². The Kier molecular flexibility index (Phi) is 9.92. The maximum Gasteiger partial charge on any atom is 0.264 e. The van der Waals surface area contributed by atoms with Gasteiger partial charge in [-0.25, -0.2) is 0 Å². The van der Waals surface area contributed by atoms with Gasteiger partial charge in [-0.3, -0.25) is 0 Å². The molecule has 2 atom stereocenters. The van der Waals surface area contributed by atoms with E-state index in [1.807, 2.05) is 0 Å². The minimum absolute atomic E-state index is 0.0234. The van der Waals surface area contributed by atoms with E-state index in [2.05, 4.69) is 236 Å². The Balaban J connectivity index is 1.22. The third-order valence-electron chi connectivity index (χ3n) is 20.5. The molecule has 7 aromatic rings. The zero-order chi connectivity index (χ0) is 52.4. The summed E-state index contributed by atoms with van der Waals surface area (Å²) in [6.45, 7) is 42.0. The molecule has 1 fully saturated rings. The van der Waals surface area contributed by atoms with E-state index >= 15 is 0 Å². The minimum Gasteiger partial charge on any atom is -0.311 e. The van der Waals surface area contributed by atoms with E-state index < -0.39 is 0 Å². The van der Waals surface area contributed by atoms with Gasteiger partial charge in [-0.2, -0.15) is 0 Å². The Morgan fingerprint density at radius 2 is 1.00 bits per heavy atom. The first-order valence-electron chi connectivity index (χ1n) is 28.5. The minimum atomic E-state index is -0.128. The fraction of sp³-hybridized carbons (Fsp3) is 0.457. The first-order chi connectivity index (χ1) is 34.5. The van der Waals surface area contributed by atoms with Crippen molar-refractivity contribution in [1.29, 1.82) is 0 Å². The van der Waals surface area contributed by atoms with E-state index in [0.717, 1.165) is 0 Å². The van der Waals surface area contributed by atoms with Crippen molar-refractivity contribution in [3.63, 3.8) is 0 Å². The second-order valence-electron chi connectivity index (χ2n) is 29.8. The number of anilines is 6. The van der Waals surface area contributed by atoms with Crippen LogP contribution in [0.25, 0.3) is 21.2 Å². The summed E-state index contributed by atoms with van der Waals surface area (Å²) in [6.07, 6.45) is 8.52. The lowest BCUT2D eigenvalue weighted by Gasteiger charge is -2.48. The van der Waals surface area contributed by atoms with E-state index in [1.54, 1.807) is 11.1 Å². The van der Waals surface area contributed by atoms with Gasteiger partial charge in [0.2, 0.25) is 0 Å². The molecule has 0 amide bonds. The SMILES string of the molecule is Cc1cc(C(C)(C)C)ccc1N1c2cc3c(cc2B2c4sc5cc6c(cc5c4N(c4cc5c(cc4-c4ccccc4)C(C)(C)CCC5(C)C)c4cc(C(C)(C)C)cc1c42)C1(C)CCC6(C)C1)C(C)(C)CCC3(C)C. The summed E-state index contributed by atoms with van der Waals surface area (Å²) in [5.74, 6) is 0. The van der Waals surface area contributed by atoms with Gasteiger partial charge < -0.3 is 9.80 Å². The van der Waals surface area contributed by atoms with Gasteiger partial charge in [0.25, 0.3) is 6.71 Å². The van der Waals surface area contributed by atoms with Crippen molar-refractivity contribution in [2.75, 3.05) is 9.80 Å². The largest absolute Gasteiger partial charge is 0.311 e. The summed E-state index contributed by atoms with van der Waals surface area (Å²) in [6, 6.07) is 40.3. The molecule has 3 heterocycles. The summed E-state index contributed by atoms with van der Waals surface area (Å²) in [5.41, 5.74) is 27.4. The Morgan fingerprint density at radius 1 is 0.473 bits per heavy atom. The molecule has 0 radical (unpaired) electrons. The number of hydrogen-bond donors (Lipinski definition) is 0. The van der Waals surface area contributed by atoms with E-state index in [0.29, 0.717) is 0 Å². The van der Waals surface area contributed by atoms with Gasteiger partial charge in [-0.15, -0.1) is 11.3 Å². The molecule has 4 aliphatic carbocycles. The van der Waals surface area contributed by atoms with Crippen LogP contribution in [0.5, 0.6) is 0 Å². The first-order valence-corrected chi connectivity index (χ1v) is 29.3. The fourth-order valence-corrected chi connectivity index (χ4v) is 16.9. The smallest absolute Gasteiger partial charge is 0.264 e. The standard InChI is InChI=1S/C70H81BN2S/c1-41-31-43(63(2,3)4)23-24-54(41)72-56-38-50-48(66(10,11)26-28-68(50,14)15)36-53(56)71-60-57(72)32-44(64(5,6)7)33-58(60)73(61-46-35-51-52(39-59(46)74-62(61)71)70(17)30-29-69(51,16)40-70)55-37-49-47(65(8,9)25-27-67(49,12)13)34-45(55)42-21-19-18-20-22-42/h18-24,31-39H,25-30,40H2,1-17H3. The average molecular weight is 993 g/mol. The number of thiophene rings is 1. The Hall–Kier alpha value is -5.06. The molecule has 0 saturated heterocycles. The zero-order valence-corrected chi connectivity index (χ0v) is 48.9. The van der Waals surface area contributed by atoms with Crippen LogP contribution in [0, 0.1) is 6.92 Å². The van der Waals surface area contributed by atoms with Crippen LogP contribution in [0.15, 0.2) is 97.1 Å². The number of rotatable bonds is 3. The lowest BCUT2D eigenvalue weighted by atomic mass is 9.35. The van der Waals surface area contributed by atoms with Crippen molar-refractivity contribution >= 4 is 78.0 Å². The highest BCUT2D eigenvalue weighted by Gasteiger charge is 2.55. The van der Waals surface area contributed by atoms with Crippen LogP contribution in [-0.2, 0) is 43.3 Å². The molecule has 2 nitrogen and oxygen atoms in total. The molecule has 2 aliphatic heterocycles. The van der Waals surface area contributed by atoms with Crippen LogP contribution in [0.4, 0.5) is 34.1 Å². The summed E-state index contributed by atoms with van der Waals surface area (Å²) in [4.78, 5) is 5.60. The maximum atomic E-state index is 2.85. The highest BCUT2D eigenvalue weighted by molar-refractivity contribution is 7.33. The molecule has 6 aliphatic rings. The lowest BCUT2D eigenvalue weighted by Crippen LogP contribution is -2.61. The van der Waals surface area contributed by atoms with Crippen LogP contribution in [-0.4, -0.2) is 6.71 Å². The molecule has 2 bridgehead atoms. The molecule has 0 spiro atoms. The maximum absolute atomic E-state index is 2.85. The molecule has 4 heteroatoms. The summed E-state index contributed by atoms with van der Waals surface area (Å²) < 4.78 is 2.94. The Labute approximate surface area is 449 Å². The molecule has 1 saturated carbocycles. The van der Waals surface area contributed by atoms with Gasteiger partial charge in [0.15, 0.2) is 0 Å². The van der Waals surface area contributed by atoms with Gasteiger partial charge >= 0.3 is 0 Å². The summed E-state index contributed by atoms with van der Waals surface area (Å²) in [7, 11) is 0. The second kappa shape index (κ2) is 15.1. The summed E-state index contributed by atoms with van der Waals surface area (Å²) in [5, 5.41) is 1.43. The summed E-state index contributed by atoms with van der Waals surface area (Å²) >= 11 is 2.11. The van der Waals surface area contributed by atoms with Crippen molar-refractivity contribution < 1.29 is 0 Å². The molecule has 74 heavy (non-hydrogen) atoms. The molecular formula is C70H81BN2S. The molecule has 380 valence electrons. The average Bonchev–Trinajstić information content (AvgIpc) is 3.94. The van der Waals surface area contributed by atoms with E-state index in [-0.39, 0.29) is 50.0 Å². The first kappa shape index (κ1) is 48.6. The van der Waals surface area contributed by atoms with Crippen molar-refractivity contribution in [3.8, 4) is 11.1 Å². The van der Waals surface area contributed by atoms with Gasteiger partial charge in [0.1, 0.15) is 0 Å². The van der Waals surface area contributed by atoms with Crippen molar-refractivity contribution in [2.45, 2.75) is 206 Å². The third-order valence-corrected chi connectivity index (χ3v) is 21.8. The third kappa shape index (κ3) is 6.80. The van der Waals surface area contributed by atoms with Gasteiger partial charge in [-0.05, 0) is 210 Å². The number of benzene rings is 6. The fourth-order valence-electron chi connectivity index (χ4n) is 15.6. The number of hydrogen-bond acceptors (Lipinski definition) is 3. The van der Waals surface area contributed by atoms with Gasteiger partial charge in [0.05, 0.1) is 11.4 Å². The number of fused-ring (bicyclic) bond motifs is 13. The van der Waals surface area contributed by atoms with Crippen molar-refractivity contribution in [1.82, 2.24) is 0 Å². The second-order valence-corrected chi connectivity index (χ2v) is 30.9. The van der Waals surface area contributed by atoms with Crippen molar-refractivity contribution in [2.24, 2.45) is 0 Å². The van der Waals surface area contributed by atoms with E-state index in [9.17, 15) is 0 Å². The monoisotopic (exact) mass is 993 g/mol. The quantitative estimate of drug-likeness (QED) is 0.163. The Morgan fingerprint density at radius 3 is 1.57 bits per heavy atom. The molecule has 6 aromatic carbocycles. The number of nitrogens with zero attached hydrogens (tertiary/aromatic N) is 2. The predicted octanol–water partition coefficient (Wildman–Crippen LogP) is 18.0. The molecule has 1 aromatic heterocycles. The topological polar surface area (TPSA) is 6.48 Å². The number of aryl methyl sites for hydroxylation is 1. The molecule has 2 unspecified atom stereocenters. The molecule has 13 rings (SSSR count). The van der Waals surface area contributed by atoms with Crippen LogP contribution < -0.4 is 25.5 Å². The molecular weight excluding hydrogens is 912 g/mol. The van der Waals surface area contributed by atoms with Gasteiger partial charge in [0, 0.05) is 43.2 Å².